The minimum Gasteiger partial charge on any atom is -0.550 e. The summed E-state index contributed by atoms with van der Waals surface area (Å²) in [5, 5.41) is 10.00. The van der Waals surface area contributed by atoms with E-state index in [9.17, 15) is 67.0 Å². The van der Waals surface area contributed by atoms with E-state index < -0.39 is 66.1 Å². The summed E-state index contributed by atoms with van der Waals surface area (Å²) < 4.78 is 166. The second-order valence-corrected chi connectivity index (χ2v) is 6.21. The Labute approximate surface area is 146 Å². The highest BCUT2D eigenvalue weighted by Crippen LogP contribution is 2.60. The largest absolute Gasteiger partial charge is 0.550 e. The molecule has 0 fully saturated rings. The first-order valence-corrected chi connectivity index (χ1v) is 7.55. The number of carboxylic acid groups (broad SMARTS) is 1. The number of rotatable bonds is 10. The highest BCUT2D eigenvalue weighted by molar-refractivity contribution is 7.99. The van der Waals surface area contributed by atoms with E-state index in [1.54, 1.807) is 0 Å². The SMILES string of the molecule is O=C([O-])CCSCCC(F)(F)C(F)(F)C(F)(F)C(F)(F)C(F)(F)C(F)(F)F. The van der Waals surface area contributed by atoms with E-state index in [4.69, 9.17) is 0 Å². The predicted molar refractivity (Wildman–Crippen MR) is 62.4 cm³/mol. The Kier molecular flexibility index (Phi) is 7.42. The third-order valence-corrected chi connectivity index (χ3v) is 3.99. The maximum atomic E-state index is 13.3. The molecule has 0 spiro atoms. The van der Waals surface area contributed by atoms with Crippen LogP contribution in [0.3, 0.4) is 0 Å². The molecule has 162 valence electrons. The summed E-state index contributed by atoms with van der Waals surface area (Å²) in [5.41, 5.74) is 0. The lowest BCUT2D eigenvalue weighted by Crippen LogP contribution is -2.70. The number of hydrogen-bond donors (Lipinski definition) is 0. The number of carboxylic acids is 1. The zero-order valence-electron chi connectivity index (χ0n) is 12.5. The lowest BCUT2D eigenvalue weighted by atomic mass is 9.93. The van der Waals surface area contributed by atoms with Crippen molar-refractivity contribution < 1.29 is 67.0 Å². The third kappa shape index (κ3) is 4.67. The first-order chi connectivity index (χ1) is 11.7. The van der Waals surface area contributed by atoms with Crippen molar-refractivity contribution in [2.24, 2.45) is 0 Å². The molecular formula is C11H8F13O2S-. The number of hydrogen-bond acceptors (Lipinski definition) is 3. The van der Waals surface area contributed by atoms with Crippen LogP contribution in [0.2, 0.25) is 0 Å². The van der Waals surface area contributed by atoms with Crippen molar-refractivity contribution in [2.75, 3.05) is 11.5 Å². The molecule has 0 aliphatic heterocycles. The topological polar surface area (TPSA) is 40.1 Å². The smallest absolute Gasteiger partial charge is 0.460 e. The molecule has 0 rings (SSSR count). The highest BCUT2D eigenvalue weighted by Gasteiger charge is 2.90. The van der Waals surface area contributed by atoms with E-state index in [2.05, 4.69) is 0 Å². The monoisotopic (exact) mass is 451 g/mol. The number of alkyl halides is 13. The molecule has 0 atom stereocenters. The fourth-order valence-electron chi connectivity index (χ4n) is 1.42. The summed E-state index contributed by atoms with van der Waals surface area (Å²) in [6.07, 6.45) is -10.6. The molecule has 0 unspecified atom stereocenters. The summed E-state index contributed by atoms with van der Waals surface area (Å²) in [5.74, 6) is -40.3. The molecule has 0 saturated heterocycles. The van der Waals surface area contributed by atoms with Crippen LogP contribution in [0, 0.1) is 0 Å². The summed E-state index contributed by atoms with van der Waals surface area (Å²) in [6.45, 7) is 0. The standard InChI is InChI=1S/C11H9F13O2S/c12-6(13,2-4-27-3-1-5(25)26)7(14,15)8(16,17)9(18,19)10(20,21)11(22,23)24/h1-4H2,(H,25,26)/p-1. The number of carbonyl (C=O) groups is 1. The summed E-state index contributed by atoms with van der Waals surface area (Å²) in [7, 11) is 0. The quantitative estimate of drug-likeness (QED) is 0.373. The number of halogens is 13. The van der Waals surface area contributed by atoms with Crippen LogP contribution >= 0.6 is 11.8 Å². The summed E-state index contributed by atoms with van der Waals surface area (Å²) >= 11 is 0.158. The molecule has 0 amide bonds. The van der Waals surface area contributed by atoms with E-state index in [0.717, 1.165) is 0 Å². The molecule has 0 aromatic carbocycles. The molecule has 0 aliphatic rings. The van der Waals surface area contributed by atoms with Crippen molar-refractivity contribution in [2.45, 2.75) is 48.6 Å². The van der Waals surface area contributed by atoms with Gasteiger partial charge in [-0.2, -0.15) is 68.8 Å². The third-order valence-electron chi connectivity index (χ3n) is 3.01. The maximum absolute atomic E-state index is 13.3. The molecule has 0 heterocycles. The fraction of sp³-hybridized carbons (Fsp3) is 0.909. The molecule has 27 heavy (non-hydrogen) atoms. The minimum atomic E-state index is -7.91. The zero-order chi connectivity index (χ0) is 22.1. The van der Waals surface area contributed by atoms with Gasteiger partial charge in [0.2, 0.25) is 0 Å². The number of thioether (sulfide) groups is 1. The Morgan fingerprint density at radius 3 is 1.44 bits per heavy atom. The van der Waals surface area contributed by atoms with Crippen molar-refractivity contribution >= 4 is 17.7 Å². The number of carbonyl (C=O) groups excluding carboxylic acids is 1. The van der Waals surface area contributed by atoms with Gasteiger partial charge < -0.3 is 9.90 Å². The molecule has 16 heteroatoms. The first kappa shape index (κ1) is 25.9. The molecule has 0 aromatic heterocycles. The van der Waals surface area contributed by atoms with Gasteiger partial charge >= 0.3 is 35.8 Å². The van der Waals surface area contributed by atoms with Crippen molar-refractivity contribution in [1.29, 1.82) is 0 Å². The van der Waals surface area contributed by atoms with Gasteiger partial charge in [-0.05, 0) is 17.9 Å². The van der Waals surface area contributed by atoms with Crippen molar-refractivity contribution in [3.05, 3.63) is 0 Å². The Balaban J connectivity index is 5.58. The fourth-order valence-corrected chi connectivity index (χ4v) is 2.33. The van der Waals surface area contributed by atoms with Crippen molar-refractivity contribution in [1.82, 2.24) is 0 Å². The molecule has 0 aliphatic carbocycles. The molecule has 0 bridgehead atoms. The van der Waals surface area contributed by atoms with E-state index in [-0.39, 0.29) is 11.8 Å². The maximum Gasteiger partial charge on any atom is 0.460 e. The Bertz CT molecular complexity index is 529. The Morgan fingerprint density at radius 1 is 0.667 bits per heavy atom. The zero-order valence-corrected chi connectivity index (χ0v) is 13.3. The van der Waals surface area contributed by atoms with Crippen LogP contribution in [0.5, 0.6) is 0 Å². The van der Waals surface area contributed by atoms with Crippen LogP contribution in [0.1, 0.15) is 12.8 Å². The summed E-state index contributed by atoms with van der Waals surface area (Å²) in [4.78, 5) is 10.00. The van der Waals surface area contributed by atoms with Crippen molar-refractivity contribution in [3.63, 3.8) is 0 Å². The molecule has 0 N–H and O–H groups in total. The van der Waals surface area contributed by atoms with Crippen LogP contribution < -0.4 is 5.11 Å². The normalized spacial score (nSPS) is 15.1. The van der Waals surface area contributed by atoms with Crippen LogP contribution in [0.4, 0.5) is 57.1 Å². The van der Waals surface area contributed by atoms with Gasteiger partial charge in [0.1, 0.15) is 0 Å². The van der Waals surface area contributed by atoms with E-state index >= 15 is 0 Å². The van der Waals surface area contributed by atoms with Gasteiger partial charge in [-0.1, -0.05) is 0 Å². The molecular weight excluding hydrogens is 443 g/mol. The Hall–Kier alpha value is -1.09. The van der Waals surface area contributed by atoms with Crippen LogP contribution in [-0.2, 0) is 4.79 Å². The average Bonchev–Trinajstić information content (AvgIpc) is 2.44. The summed E-state index contributed by atoms with van der Waals surface area (Å²) in [6, 6.07) is 0. The van der Waals surface area contributed by atoms with Crippen molar-refractivity contribution in [3.8, 4) is 0 Å². The van der Waals surface area contributed by atoms with Gasteiger partial charge in [0.05, 0.1) is 0 Å². The highest BCUT2D eigenvalue weighted by atomic mass is 32.2. The molecule has 2 nitrogen and oxygen atoms in total. The van der Waals surface area contributed by atoms with E-state index in [0.29, 0.717) is 0 Å². The van der Waals surface area contributed by atoms with Gasteiger partial charge in [0, 0.05) is 12.4 Å². The second-order valence-electron chi connectivity index (χ2n) is 4.98. The van der Waals surface area contributed by atoms with Gasteiger partial charge in [-0.3, -0.25) is 0 Å². The Morgan fingerprint density at radius 2 is 1.07 bits per heavy atom. The predicted octanol–water partition coefficient (Wildman–Crippen LogP) is 3.99. The van der Waals surface area contributed by atoms with Crippen LogP contribution in [0.15, 0.2) is 0 Å². The van der Waals surface area contributed by atoms with Gasteiger partial charge in [0.15, 0.2) is 0 Å². The first-order valence-electron chi connectivity index (χ1n) is 6.40. The minimum absolute atomic E-state index is 0.158. The number of aliphatic carboxylic acids is 1. The molecule has 0 saturated carbocycles. The van der Waals surface area contributed by atoms with E-state index in [1.165, 1.54) is 0 Å². The van der Waals surface area contributed by atoms with Crippen LogP contribution in [0.25, 0.3) is 0 Å². The average molecular weight is 451 g/mol. The molecule has 0 aromatic rings. The van der Waals surface area contributed by atoms with Gasteiger partial charge in [0.25, 0.3) is 0 Å². The lowest BCUT2D eigenvalue weighted by molar-refractivity contribution is -0.439. The second kappa shape index (κ2) is 7.73. The van der Waals surface area contributed by atoms with Gasteiger partial charge in [-0.15, -0.1) is 0 Å². The van der Waals surface area contributed by atoms with Crippen LogP contribution in [-0.4, -0.2) is 53.3 Å². The van der Waals surface area contributed by atoms with Gasteiger partial charge in [-0.25, -0.2) is 0 Å². The van der Waals surface area contributed by atoms with E-state index in [1.807, 2.05) is 0 Å². The lowest BCUT2D eigenvalue weighted by Gasteiger charge is -2.39. The molecule has 0 radical (unpaired) electrons.